The zero-order valence-electron chi connectivity index (χ0n) is 8.35. The van der Waals surface area contributed by atoms with Crippen LogP contribution in [0.15, 0.2) is 14.1 Å². The lowest BCUT2D eigenvalue weighted by Crippen LogP contribution is -2.39. The van der Waals surface area contributed by atoms with Crippen molar-refractivity contribution >= 4 is 15.9 Å². The highest BCUT2D eigenvalue weighted by atomic mass is 79.9. The largest absolute Gasteiger partial charge is 0.432 e. The zero-order valence-corrected chi connectivity index (χ0v) is 9.94. The smallest absolute Gasteiger partial charge is 0.302 e. The predicted octanol–water partition coefficient (Wildman–Crippen LogP) is 1.90. The van der Waals surface area contributed by atoms with Crippen molar-refractivity contribution in [3.63, 3.8) is 0 Å². The number of H-pyrrole nitrogens is 1. The maximum atomic E-state index is 12.4. The van der Waals surface area contributed by atoms with E-state index in [1.165, 1.54) is 13.8 Å². The molecule has 1 aromatic rings. The summed E-state index contributed by atoms with van der Waals surface area (Å²) >= 11 is 2.55. The highest BCUT2D eigenvalue weighted by Gasteiger charge is 2.36. The Morgan fingerprint density at radius 1 is 1.31 bits per heavy atom. The molecule has 0 aliphatic rings. The lowest BCUT2D eigenvalue weighted by Gasteiger charge is -2.12. The van der Waals surface area contributed by atoms with Crippen molar-refractivity contribution in [2.24, 2.45) is 0 Å². The van der Waals surface area contributed by atoms with Crippen molar-refractivity contribution in [3.8, 4) is 0 Å². The quantitative estimate of drug-likeness (QED) is 0.861. The molecule has 90 valence electrons. The van der Waals surface area contributed by atoms with Gasteiger partial charge in [-0.25, -0.2) is 4.79 Å². The molecular weight excluding hydrogens is 293 g/mol. The molecule has 0 unspecified atom stereocenters. The van der Waals surface area contributed by atoms with Crippen molar-refractivity contribution in [1.29, 1.82) is 0 Å². The van der Waals surface area contributed by atoms with Gasteiger partial charge in [0.25, 0.3) is 5.56 Å². The Balaban J connectivity index is 3.66. The van der Waals surface area contributed by atoms with E-state index in [1.54, 1.807) is 4.98 Å². The summed E-state index contributed by atoms with van der Waals surface area (Å²) in [5.74, 6) is 0. The molecule has 1 heterocycles. The molecular formula is C8H8BrF3N2O2. The van der Waals surface area contributed by atoms with Gasteiger partial charge in [0, 0.05) is 6.04 Å². The van der Waals surface area contributed by atoms with Crippen molar-refractivity contribution in [1.82, 2.24) is 9.55 Å². The van der Waals surface area contributed by atoms with Gasteiger partial charge in [-0.2, -0.15) is 13.2 Å². The molecule has 0 saturated carbocycles. The van der Waals surface area contributed by atoms with Crippen LogP contribution in [0.25, 0.3) is 0 Å². The summed E-state index contributed by atoms with van der Waals surface area (Å²) < 4.78 is 37.2. The molecule has 0 fully saturated rings. The fourth-order valence-corrected chi connectivity index (χ4v) is 1.71. The Morgan fingerprint density at radius 2 is 1.81 bits per heavy atom. The van der Waals surface area contributed by atoms with E-state index >= 15 is 0 Å². The Morgan fingerprint density at radius 3 is 2.19 bits per heavy atom. The first-order valence-electron chi connectivity index (χ1n) is 4.27. The SMILES string of the molecule is CC(C)n1c(=O)[nH]c(C(F)(F)F)c(Br)c1=O. The maximum Gasteiger partial charge on any atom is 0.432 e. The average Bonchev–Trinajstić information content (AvgIpc) is 2.09. The molecule has 0 aliphatic heterocycles. The van der Waals surface area contributed by atoms with Crippen molar-refractivity contribution in [3.05, 3.63) is 31.0 Å². The summed E-state index contributed by atoms with van der Waals surface area (Å²) in [5, 5.41) is 0. The standard InChI is InChI=1S/C8H8BrF3N2O2/c1-3(2)14-6(15)4(9)5(8(10,11)12)13-7(14)16/h3H,1-2H3,(H,13,16). The van der Waals surface area contributed by atoms with E-state index in [2.05, 4.69) is 15.9 Å². The second kappa shape index (κ2) is 4.08. The van der Waals surface area contributed by atoms with E-state index in [-0.39, 0.29) is 0 Å². The minimum atomic E-state index is -4.77. The topological polar surface area (TPSA) is 54.9 Å². The van der Waals surface area contributed by atoms with Gasteiger partial charge < -0.3 is 4.98 Å². The van der Waals surface area contributed by atoms with E-state index in [9.17, 15) is 22.8 Å². The minimum Gasteiger partial charge on any atom is -0.302 e. The summed E-state index contributed by atoms with van der Waals surface area (Å²) in [7, 11) is 0. The number of aromatic amines is 1. The van der Waals surface area contributed by atoms with E-state index in [4.69, 9.17) is 0 Å². The number of aromatic nitrogens is 2. The van der Waals surface area contributed by atoms with E-state index < -0.39 is 33.6 Å². The van der Waals surface area contributed by atoms with Crippen LogP contribution in [0.4, 0.5) is 13.2 Å². The van der Waals surface area contributed by atoms with Crippen molar-refractivity contribution in [2.75, 3.05) is 0 Å². The van der Waals surface area contributed by atoms with Crippen LogP contribution < -0.4 is 11.2 Å². The van der Waals surface area contributed by atoms with Gasteiger partial charge in [0.05, 0.1) is 0 Å². The summed E-state index contributed by atoms with van der Waals surface area (Å²) in [6.07, 6.45) is -4.77. The van der Waals surface area contributed by atoms with Gasteiger partial charge in [-0.05, 0) is 29.8 Å². The van der Waals surface area contributed by atoms with Crippen LogP contribution in [0.2, 0.25) is 0 Å². The monoisotopic (exact) mass is 300 g/mol. The Hall–Kier alpha value is -1.05. The maximum absolute atomic E-state index is 12.4. The second-order valence-corrected chi connectivity index (χ2v) is 4.18. The van der Waals surface area contributed by atoms with Gasteiger partial charge in [0.1, 0.15) is 10.2 Å². The normalized spacial score (nSPS) is 12.2. The highest BCUT2D eigenvalue weighted by Crippen LogP contribution is 2.30. The third kappa shape index (κ3) is 2.21. The van der Waals surface area contributed by atoms with E-state index in [0.717, 1.165) is 0 Å². The second-order valence-electron chi connectivity index (χ2n) is 3.39. The van der Waals surface area contributed by atoms with Crippen LogP contribution in [-0.4, -0.2) is 9.55 Å². The van der Waals surface area contributed by atoms with Crippen LogP contribution in [0, 0.1) is 0 Å². The lowest BCUT2D eigenvalue weighted by atomic mass is 10.3. The molecule has 1 rings (SSSR count). The molecule has 0 bridgehead atoms. The summed E-state index contributed by atoms with van der Waals surface area (Å²) in [4.78, 5) is 24.4. The minimum absolute atomic E-state index is 0.519. The first-order chi connectivity index (χ1) is 7.16. The Bertz CT molecular complexity index is 515. The molecule has 0 radical (unpaired) electrons. The van der Waals surface area contributed by atoms with Crippen LogP contribution in [0.3, 0.4) is 0 Å². The number of hydrogen-bond donors (Lipinski definition) is 1. The van der Waals surface area contributed by atoms with Gasteiger partial charge in [-0.3, -0.25) is 9.36 Å². The number of rotatable bonds is 1. The fraction of sp³-hybridized carbons (Fsp3) is 0.500. The molecule has 8 heteroatoms. The Labute approximate surface area is 96.2 Å². The average molecular weight is 301 g/mol. The molecule has 1 N–H and O–H groups in total. The number of halogens is 4. The molecule has 0 aliphatic carbocycles. The molecule has 0 aromatic carbocycles. The van der Waals surface area contributed by atoms with Crippen molar-refractivity contribution < 1.29 is 13.2 Å². The van der Waals surface area contributed by atoms with Crippen molar-refractivity contribution in [2.45, 2.75) is 26.1 Å². The van der Waals surface area contributed by atoms with Gasteiger partial charge in [-0.1, -0.05) is 0 Å². The summed E-state index contributed by atoms with van der Waals surface area (Å²) in [6, 6.07) is -0.519. The number of hydrogen-bond acceptors (Lipinski definition) is 2. The first-order valence-corrected chi connectivity index (χ1v) is 5.07. The van der Waals surface area contributed by atoms with Gasteiger partial charge in [-0.15, -0.1) is 0 Å². The van der Waals surface area contributed by atoms with Gasteiger partial charge in [0.15, 0.2) is 0 Å². The van der Waals surface area contributed by atoms with Gasteiger partial charge in [0.2, 0.25) is 0 Å². The highest BCUT2D eigenvalue weighted by molar-refractivity contribution is 9.10. The predicted molar refractivity (Wildman–Crippen MR) is 54.4 cm³/mol. The van der Waals surface area contributed by atoms with Gasteiger partial charge >= 0.3 is 11.9 Å². The number of nitrogens with one attached hydrogen (secondary N) is 1. The summed E-state index contributed by atoms with van der Waals surface area (Å²) in [6.45, 7) is 3.05. The third-order valence-corrected chi connectivity index (χ3v) is 2.61. The van der Waals surface area contributed by atoms with Crippen LogP contribution >= 0.6 is 15.9 Å². The molecule has 16 heavy (non-hydrogen) atoms. The number of alkyl halides is 3. The Kier molecular flexibility index (Phi) is 3.32. The molecule has 0 amide bonds. The van der Waals surface area contributed by atoms with E-state index in [0.29, 0.717) is 4.57 Å². The number of nitrogens with zero attached hydrogens (tertiary/aromatic N) is 1. The van der Waals surface area contributed by atoms with Crippen LogP contribution in [0.1, 0.15) is 25.6 Å². The fourth-order valence-electron chi connectivity index (χ4n) is 1.19. The molecule has 1 aromatic heterocycles. The zero-order chi connectivity index (χ0) is 12.7. The summed E-state index contributed by atoms with van der Waals surface area (Å²) in [5.41, 5.74) is -3.43. The van der Waals surface area contributed by atoms with E-state index in [1.807, 2.05) is 0 Å². The molecule has 0 spiro atoms. The molecule has 0 saturated heterocycles. The third-order valence-electron chi connectivity index (χ3n) is 1.88. The lowest BCUT2D eigenvalue weighted by molar-refractivity contribution is -0.142. The molecule has 4 nitrogen and oxygen atoms in total. The molecule has 0 atom stereocenters. The van der Waals surface area contributed by atoms with Crippen LogP contribution in [0.5, 0.6) is 0 Å². The van der Waals surface area contributed by atoms with Crippen LogP contribution in [-0.2, 0) is 6.18 Å². The first kappa shape index (κ1) is 13.0.